The summed E-state index contributed by atoms with van der Waals surface area (Å²) >= 11 is 1.54. The fraction of sp³-hybridized carbons (Fsp3) is 0.577. The van der Waals surface area contributed by atoms with Crippen LogP contribution in [-0.2, 0) is 18.3 Å². The predicted octanol–water partition coefficient (Wildman–Crippen LogP) is 4.07. The molecule has 8 heteroatoms. The van der Waals surface area contributed by atoms with Crippen LogP contribution in [0.3, 0.4) is 0 Å². The highest BCUT2D eigenvalue weighted by molar-refractivity contribution is 7.15. The van der Waals surface area contributed by atoms with Crippen molar-refractivity contribution in [1.29, 1.82) is 0 Å². The van der Waals surface area contributed by atoms with Crippen LogP contribution in [0.4, 0.5) is 5.13 Å². The third-order valence-electron chi connectivity index (χ3n) is 8.13. The number of nitrogens with zero attached hydrogens (tertiary/aromatic N) is 3. The number of thiazole rings is 1. The summed E-state index contributed by atoms with van der Waals surface area (Å²) in [5.74, 6) is -0.415. The van der Waals surface area contributed by atoms with Crippen LogP contribution in [0.2, 0.25) is 0 Å². The van der Waals surface area contributed by atoms with Crippen LogP contribution in [0.15, 0.2) is 31.0 Å². The van der Waals surface area contributed by atoms with Gasteiger partial charge in [0, 0.05) is 43.5 Å². The van der Waals surface area contributed by atoms with Crippen molar-refractivity contribution in [3.63, 3.8) is 0 Å². The molecule has 2 aliphatic rings. The van der Waals surface area contributed by atoms with Gasteiger partial charge in [0.1, 0.15) is 5.69 Å². The highest BCUT2D eigenvalue weighted by atomic mass is 32.1. The maximum absolute atomic E-state index is 12.9. The number of hydrogen-bond donors (Lipinski definition) is 2. The molecule has 7 nitrogen and oxygen atoms in total. The lowest BCUT2D eigenvalue weighted by atomic mass is 9.53. The van der Waals surface area contributed by atoms with E-state index in [1.807, 2.05) is 26.2 Å². The summed E-state index contributed by atoms with van der Waals surface area (Å²) in [5, 5.41) is 15.1. The van der Waals surface area contributed by atoms with Crippen molar-refractivity contribution in [2.45, 2.75) is 52.1 Å². The van der Waals surface area contributed by atoms with Gasteiger partial charge in [0.2, 0.25) is 5.91 Å². The zero-order valence-electron chi connectivity index (χ0n) is 20.7. The molecule has 0 aromatic carbocycles. The summed E-state index contributed by atoms with van der Waals surface area (Å²) < 4.78 is 1.78. The second-order valence-electron chi connectivity index (χ2n) is 10.4. The van der Waals surface area contributed by atoms with Crippen LogP contribution in [0.5, 0.6) is 0 Å². The molecule has 2 heterocycles. The second-order valence-corrected chi connectivity index (χ2v) is 11.5. The lowest BCUT2D eigenvalue weighted by molar-refractivity contribution is -0.143. The molecule has 0 saturated heterocycles. The van der Waals surface area contributed by atoms with E-state index >= 15 is 0 Å². The highest BCUT2D eigenvalue weighted by Gasteiger charge is 2.54. The monoisotopic (exact) mass is 484 g/mol. The van der Waals surface area contributed by atoms with E-state index in [2.05, 4.69) is 25.7 Å². The van der Waals surface area contributed by atoms with Gasteiger partial charge in [-0.15, -0.1) is 17.9 Å². The Morgan fingerprint density at radius 2 is 2.24 bits per heavy atom. The van der Waals surface area contributed by atoms with Crippen molar-refractivity contribution in [3.8, 4) is 0 Å². The van der Waals surface area contributed by atoms with Crippen molar-refractivity contribution in [2.24, 2.45) is 30.2 Å². The maximum atomic E-state index is 12.9. The Hall–Kier alpha value is -2.45. The van der Waals surface area contributed by atoms with E-state index < -0.39 is 6.10 Å². The minimum absolute atomic E-state index is 0.0113. The average molecular weight is 485 g/mol. The number of aliphatic hydroxyl groups excluding tert-OH is 1. The van der Waals surface area contributed by atoms with Gasteiger partial charge >= 0.3 is 0 Å². The molecule has 0 radical (unpaired) electrons. The molecule has 184 valence electrons. The molecule has 0 bridgehead atoms. The molecule has 1 fully saturated rings. The molecule has 4 rings (SSSR count). The first kappa shape index (κ1) is 24.7. The summed E-state index contributed by atoms with van der Waals surface area (Å²) in [6, 6.07) is 3.63. The lowest BCUT2D eigenvalue weighted by Gasteiger charge is -2.53. The van der Waals surface area contributed by atoms with E-state index in [0.717, 1.165) is 25.0 Å². The summed E-state index contributed by atoms with van der Waals surface area (Å²) in [6.07, 6.45) is 5.59. The molecule has 6 atom stereocenters. The number of aryl methyl sites for hydroxylation is 1. The van der Waals surface area contributed by atoms with Gasteiger partial charge in [-0.25, -0.2) is 4.98 Å². The first-order valence-corrected chi connectivity index (χ1v) is 12.8. The molecule has 1 saturated carbocycles. The van der Waals surface area contributed by atoms with E-state index in [4.69, 9.17) is 4.98 Å². The quantitative estimate of drug-likeness (QED) is 0.605. The number of amides is 2. The van der Waals surface area contributed by atoms with Gasteiger partial charge in [-0.3, -0.25) is 14.9 Å². The van der Waals surface area contributed by atoms with E-state index in [-0.39, 0.29) is 40.9 Å². The summed E-state index contributed by atoms with van der Waals surface area (Å²) in [4.78, 5) is 33.3. The average Bonchev–Trinajstić information content (AvgIpc) is 3.38. The van der Waals surface area contributed by atoms with Crippen LogP contribution in [0, 0.1) is 23.2 Å². The Bertz CT molecular complexity index is 1090. The van der Waals surface area contributed by atoms with Gasteiger partial charge in [0.25, 0.3) is 5.91 Å². The number of nitrogens with one attached hydrogen (secondary N) is 1. The number of carbonyl (C=O) groups excluding carboxylic acids is 2. The fourth-order valence-corrected chi connectivity index (χ4v) is 7.53. The van der Waals surface area contributed by atoms with E-state index in [0.29, 0.717) is 17.4 Å². The third-order valence-corrected chi connectivity index (χ3v) is 9.12. The molecule has 0 aliphatic heterocycles. The van der Waals surface area contributed by atoms with Crippen LogP contribution < -0.4 is 5.32 Å². The first-order chi connectivity index (χ1) is 16.1. The Morgan fingerprint density at radius 1 is 1.50 bits per heavy atom. The number of hydrogen-bond acceptors (Lipinski definition) is 5. The smallest absolute Gasteiger partial charge is 0.274 e. The van der Waals surface area contributed by atoms with Gasteiger partial charge in [-0.2, -0.15) is 0 Å². The molecule has 1 unspecified atom stereocenters. The summed E-state index contributed by atoms with van der Waals surface area (Å²) in [5.41, 5.74) is 1.49. The Balaban J connectivity index is 1.55. The minimum atomic E-state index is -0.582. The minimum Gasteiger partial charge on any atom is -0.392 e. The fourth-order valence-electron chi connectivity index (χ4n) is 6.27. The van der Waals surface area contributed by atoms with Crippen molar-refractivity contribution in [3.05, 3.63) is 47.2 Å². The largest absolute Gasteiger partial charge is 0.392 e. The number of fused-ring (bicyclic) bond motifs is 2. The van der Waals surface area contributed by atoms with Crippen molar-refractivity contribution < 1.29 is 14.7 Å². The molecular formula is C26H36N4O3S. The molecule has 2 amide bonds. The number of rotatable bonds is 6. The molecular weight excluding hydrogens is 448 g/mol. The zero-order valence-corrected chi connectivity index (χ0v) is 21.6. The topological polar surface area (TPSA) is 87.5 Å². The molecule has 34 heavy (non-hydrogen) atoms. The maximum Gasteiger partial charge on any atom is 0.274 e. The van der Waals surface area contributed by atoms with E-state index in [1.165, 1.54) is 4.88 Å². The van der Waals surface area contributed by atoms with Crippen LogP contribution >= 0.6 is 11.3 Å². The van der Waals surface area contributed by atoms with Gasteiger partial charge in [-0.1, -0.05) is 26.8 Å². The number of likely N-dealkylation sites (N-methyl/N-ethyl adjacent to an activating group) is 1. The molecule has 2 aliphatic carbocycles. The summed E-state index contributed by atoms with van der Waals surface area (Å²) in [7, 11) is 3.63. The normalized spacial score (nSPS) is 29.0. The first-order valence-electron chi connectivity index (χ1n) is 12.0. The number of carbonyl (C=O) groups is 2. The third kappa shape index (κ3) is 4.22. The van der Waals surface area contributed by atoms with Gasteiger partial charge in [-0.05, 0) is 48.6 Å². The predicted molar refractivity (Wildman–Crippen MR) is 135 cm³/mol. The van der Waals surface area contributed by atoms with Crippen LogP contribution in [0.1, 0.15) is 60.6 Å². The Labute approximate surface area is 205 Å². The number of anilines is 1. The van der Waals surface area contributed by atoms with Crippen LogP contribution in [-0.4, -0.2) is 51.1 Å². The molecule has 2 aromatic heterocycles. The molecule has 0 spiro atoms. The number of aliphatic hydroxyl groups is 1. The summed E-state index contributed by atoms with van der Waals surface area (Å²) in [6.45, 7) is 10.6. The van der Waals surface area contributed by atoms with Crippen molar-refractivity contribution >= 4 is 28.3 Å². The Morgan fingerprint density at radius 3 is 2.88 bits per heavy atom. The highest BCUT2D eigenvalue weighted by Crippen LogP contribution is 2.57. The standard InChI is InChI=1S/C26H36N4O3S/c1-7-12-30(6)24(33)15(2)17-10-11-26(4)14-19-21(16(3)20(26)22(17)31)27-25(34-19)28-23(32)18-9-8-13-29(18)5/h7-9,13,15-17,20,22,31H,1,10-12,14H2,2-6H3,(H,27,28,32)/t15-,16-,17?,20+,22-,26-/m0/s1. The van der Waals surface area contributed by atoms with Gasteiger partial charge < -0.3 is 14.6 Å². The number of aromatic nitrogens is 2. The second kappa shape index (κ2) is 9.30. The molecule has 2 N–H and O–H groups in total. The van der Waals surface area contributed by atoms with Gasteiger partial charge in [0.05, 0.1) is 11.8 Å². The van der Waals surface area contributed by atoms with E-state index in [1.54, 1.807) is 40.0 Å². The lowest BCUT2D eigenvalue weighted by Crippen LogP contribution is -2.53. The zero-order chi connectivity index (χ0) is 24.8. The van der Waals surface area contributed by atoms with E-state index in [9.17, 15) is 14.7 Å². The Kier molecular flexibility index (Phi) is 6.75. The van der Waals surface area contributed by atoms with Crippen molar-refractivity contribution in [2.75, 3.05) is 18.9 Å². The van der Waals surface area contributed by atoms with Crippen molar-refractivity contribution in [1.82, 2.24) is 14.5 Å². The molecule has 2 aromatic rings. The van der Waals surface area contributed by atoms with Crippen LogP contribution in [0.25, 0.3) is 0 Å². The SMILES string of the molecule is C=CCN(C)C(=O)[C@@H](C)C1CC[C@@]2(C)Cc3sc(NC(=O)c4cccn4C)nc3[C@@H](C)[C@@H]2[C@H]1O. The van der Waals surface area contributed by atoms with Gasteiger partial charge in [0.15, 0.2) is 5.13 Å².